The van der Waals surface area contributed by atoms with Gasteiger partial charge in [0, 0.05) is 51.5 Å². The Hall–Kier alpha value is -2.50. The minimum absolute atomic E-state index is 0. The van der Waals surface area contributed by atoms with Gasteiger partial charge in [0.25, 0.3) is 0 Å². The topological polar surface area (TPSA) is 58.6 Å². The maximum absolute atomic E-state index is 12.6. The van der Waals surface area contributed by atoms with Crippen LogP contribution in [0.25, 0.3) is 0 Å². The summed E-state index contributed by atoms with van der Waals surface area (Å²) in [6.07, 6.45) is 0. The standard InChI is InChI=1S/C22H28F2N4O3.HI/c1-25-22(26-15-16-7-8-19(30-3)20(13-16)31-21(23)24)28-11-9-27(10-12-28)17-5-4-6-18(14-17)29-2;/h4-8,13-14,21H,9-12,15H2,1-3H3,(H,25,26);1H. The van der Waals surface area contributed by atoms with Crippen LogP contribution in [0.2, 0.25) is 0 Å². The Morgan fingerprint density at radius 2 is 1.78 bits per heavy atom. The van der Waals surface area contributed by atoms with E-state index in [2.05, 4.69) is 30.9 Å². The summed E-state index contributed by atoms with van der Waals surface area (Å²) in [4.78, 5) is 8.86. The molecule has 0 bridgehead atoms. The molecule has 2 aromatic rings. The number of hydrogen-bond donors (Lipinski definition) is 1. The number of hydrogen-bond acceptors (Lipinski definition) is 5. The van der Waals surface area contributed by atoms with Crippen LogP contribution in [0.5, 0.6) is 17.2 Å². The van der Waals surface area contributed by atoms with Gasteiger partial charge in [-0.2, -0.15) is 8.78 Å². The van der Waals surface area contributed by atoms with Crippen LogP contribution in [0, 0.1) is 0 Å². The van der Waals surface area contributed by atoms with Gasteiger partial charge in [-0.05, 0) is 29.8 Å². The van der Waals surface area contributed by atoms with Gasteiger partial charge in [-0.15, -0.1) is 24.0 Å². The second-order valence-corrected chi connectivity index (χ2v) is 6.94. The van der Waals surface area contributed by atoms with Crippen molar-refractivity contribution < 1.29 is 23.0 Å². The molecule has 0 aliphatic carbocycles. The number of aliphatic imine (C=N–C) groups is 1. The third-order valence-corrected chi connectivity index (χ3v) is 5.10. The van der Waals surface area contributed by atoms with Gasteiger partial charge in [-0.1, -0.05) is 12.1 Å². The molecule has 0 aromatic heterocycles. The number of rotatable bonds is 7. The average Bonchev–Trinajstić information content (AvgIpc) is 2.79. The predicted octanol–water partition coefficient (Wildman–Crippen LogP) is 3.82. The number of alkyl halides is 2. The molecule has 176 valence electrons. The highest BCUT2D eigenvalue weighted by Crippen LogP contribution is 2.29. The number of ether oxygens (including phenoxy) is 3. The van der Waals surface area contributed by atoms with E-state index in [0.29, 0.717) is 6.54 Å². The monoisotopic (exact) mass is 562 g/mol. The van der Waals surface area contributed by atoms with Crippen LogP contribution in [-0.4, -0.2) is 64.9 Å². The zero-order chi connectivity index (χ0) is 22.2. The molecule has 1 heterocycles. The maximum Gasteiger partial charge on any atom is 0.387 e. The molecule has 1 fully saturated rings. The molecule has 32 heavy (non-hydrogen) atoms. The van der Waals surface area contributed by atoms with E-state index in [1.54, 1.807) is 32.4 Å². The summed E-state index contributed by atoms with van der Waals surface area (Å²) < 4.78 is 40.2. The highest BCUT2D eigenvalue weighted by Gasteiger charge is 2.20. The van der Waals surface area contributed by atoms with Crippen LogP contribution in [-0.2, 0) is 6.54 Å². The summed E-state index contributed by atoms with van der Waals surface area (Å²) in [6, 6.07) is 13.0. The van der Waals surface area contributed by atoms with E-state index >= 15 is 0 Å². The Labute approximate surface area is 204 Å². The third-order valence-electron chi connectivity index (χ3n) is 5.10. The predicted molar refractivity (Wildman–Crippen MR) is 132 cm³/mol. The highest BCUT2D eigenvalue weighted by atomic mass is 127. The van der Waals surface area contributed by atoms with Crippen LogP contribution in [0.3, 0.4) is 0 Å². The van der Waals surface area contributed by atoms with E-state index in [1.165, 1.54) is 7.11 Å². The van der Waals surface area contributed by atoms with Crippen LogP contribution in [0.1, 0.15) is 5.56 Å². The second-order valence-electron chi connectivity index (χ2n) is 6.94. The molecule has 2 aromatic carbocycles. The first-order chi connectivity index (χ1) is 15.0. The number of nitrogens with zero attached hydrogens (tertiary/aromatic N) is 3. The van der Waals surface area contributed by atoms with Gasteiger partial charge in [0.2, 0.25) is 0 Å². The zero-order valence-corrected chi connectivity index (χ0v) is 20.7. The smallest absolute Gasteiger partial charge is 0.387 e. The van der Waals surface area contributed by atoms with E-state index in [4.69, 9.17) is 9.47 Å². The van der Waals surface area contributed by atoms with Crippen LogP contribution in [0.4, 0.5) is 14.5 Å². The van der Waals surface area contributed by atoms with Gasteiger partial charge in [0.1, 0.15) is 5.75 Å². The Balaban J connectivity index is 0.00000363. The fourth-order valence-corrected chi connectivity index (χ4v) is 3.52. The van der Waals surface area contributed by atoms with Crippen molar-refractivity contribution in [3.63, 3.8) is 0 Å². The van der Waals surface area contributed by atoms with Crippen molar-refractivity contribution in [1.29, 1.82) is 0 Å². The fraction of sp³-hybridized carbons (Fsp3) is 0.409. The van der Waals surface area contributed by atoms with Gasteiger partial charge >= 0.3 is 6.61 Å². The molecule has 0 unspecified atom stereocenters. The number of anilines is 1. The molecule has 0 spiro atoms. The van der Waals surface area contributed by atoms with Crippen LogP contribution < -0.4 is 24.4 Å². The molecule has 1 aliphatic heterocycles. The summed E-state index contributed by atoms with van der Waals surface area (Å²) in [7, 11) is 4.81. The molecule has 7 nitrogen and oxygen atoms in total. The molecule has 0 atom stereocenters. The Morgan fingerprint density at radius 1 is 1.03 bits per heavy atom. The fourth-order valence-electron chi connectivity index (χ4n) is 3.52. The van der Waals surface area contributed by atoms with Crippen molar-refractivity contribution in [2.45, 2.75) is 13.2 Å². The normalized spacial score (nSPS) is 14.1. The molecule has 1 saturated heterocycles. The molecule has 0 radical (unpaired) electrons. The molecular weight excluding hydrogens is 533 g/mol. The van der Waals surface area contributed by atoms with Crippen molar-refractivity contribution in [3.8, 4) is 17.2 Å². The average molecular weight is 562 g/mol. The van der Waals surface area contributed by atoms with Gasteiger partial charge in [-0.25, -0.2) is 0 Å². The molecule has 1 aliphatic rings. The van der Waals surface area contributed by atoms with Crippen molar-refractivity contribution >= 4 is 35.6 Å². The maximum atomic E-state index is 12.6. The summed E-state index contributed by atoms with van der Waals surface area (Å²) >= 11 is 0. The summed E-state index contributed by atoms with van der Waals surface area (Å²) in [6.45, 7) is 0.821. The molecular formula is C22H29F2IN4O3. The van der Waals surface area contributed by atoms with Gasteiger partial charge in [-0.3, -0.25) is 4.99 Å². The SMILES string of the molecule is CN=C(NCc1ccc(OC)c(OC(F)F)c1)N1CCN(c2cccc(OC)c2)CC1.I. The van der Waals surface area contributed by atoms with Crippen molar-refractivity contribution in [1.82, 2.24) is 10.2 Å². The number of methoxy groups -OCH3 is 2. The van der Waals surface area contributed by atoms with Crippen LogP contribution in [0.15, 0.2) is 47.5 Å². The Bertz CT molecular complexity index is 893. The quantitative estimate of drug-likeness (QED) is 0.315. The molecule has 1 N–H and O–H groups in total. The first kappa shape index (κ1) is 25.8. The van der Waals surface area contributed by atoms with Gasteiger partial charge < -0.3 is 29.3 Å². The van der Waals surface area contributed by atoms with Crippen molar-refractivity contribution in [2.24, 2.45) is 4.99 Å². The summed E-state index contributed by atoms with van der Waals surface area (Å²) in [5, 5.41) is 3.30. The molecule has 0 amide bonds. The first-order valence-corrected chi connectivity index (χ1v) is 10.0. The molecule has 0 saturated carbocycles. The van der Waals surface area contributed by atoms with E-state index < -0.39 is 6.61 Å². The van der Waals surface area contributed by atoms with Crippen molar-refractivity contribution in [2.75, 3.05) is 52.3 Å². The second kappa shape index (κ2) is 12.5. The Morgan fingerprint density at radius 3 is 2.41 bits per heavy atom. The third kappa shape index (κ3) is 6.75. The summed E-state index contributed by atoms with van der Waals surface area (Å²) in [5.74, 6) is 1.88. The first-order valence-electron chi connectivity index (χ1n) is 10.0. The number of benzene rings is 2. The van der Waals surface area contributed by atoms with Gasteiger partial charge in [0.15, 0.2) is 17.5 Å². The van der Waals surface area contributed by atoms with Crippen molar-refractivity contribution in [3.05, 3.63) is 48.0 Å². The number of halogens is 3. The molecule has 3 rings (SSSR count). The minimum Gasteiger partial charge on any atom is -0.497 e. The number of nitrogens with one attached hydrogen (secondary N) is 1. The molecule has 10 heteroatoms. The largest absolute Gasteiger partial charge is 0.497 e. The Kier molecular flexibility index (Phi) is 10.1. The lowest BCUT2D eigenvalue weighted by molar-refractivity contribution is -0.0512. The lowest BCUT2D eigenvalue weighted by Gasteiger charge is -2.37. The zero-order valence-electron chi connectivity index (χ0n) is 18.4. The van der Waals surface area contributed by atoms with Crippen LogP contribution >= 0.6 is 24.0 Å². The highest BCUT2D eigenvalue weighted by molar-refractivity contribution is 14.0. The number of piperazine rings is 1. The minimum atomic E-state index is -2.91. The van der Waals surface area contributed by atoms with E-state index in [0.717, 1.165) is 49.1 Å². The van der Waals surface area contributed by atoms with Gasteiger partial charge in [0.05, 0.1) is 14.2 Å². The lowest BCUT2D eigenvalue weighted by Crippen LogP contribution is -2.52. The summed E-state index contributed by atoms with van der Waals surface area (Å²) in [5.41, 5.74) is 1.92. The van der Waals surface area contributed by atoms with E-state index in [9.17, 15) is 8.78 Å². The lowest BCUT2D eigenvalue weighted by atomic mass is 10.2. The van der Waals surface area contributed by atoms with E-state index in [1.807, 2.05) is 18.2 Å². The number of guanidine groups is 1. The van der Waals surface area contributed by atoms with E-state index in [-0.39, 0.29) is 35.5 Å².